The summed E-state index contributed by atoms with van der Waals surface area (Å²) < 4.78 is 5.07. The van der Waals surface area contributed by atoms with Crippen LogP contribution in [-0.2, 0) is 17.6 Å². The van der Waals surface area contributed by atoms with Gasteiger partial charge in [0.2, 0.25) is 0 Å². The molecule has 0 radical (unpaired) electrons. The number of hydrogen-bond donors (Lipinski definition) is 1. The van der Waals surface area contributed by atoms with Crippen molar-refractivity contribution in [3.8, 4) is 0 Å². The third-order valence-corrected chi connectivity index (χ3v) is 3.28. The van der Waals surface area contributed by atoms with E-state index >= 15 is 0 Å². The van der Waals surface area contributed by atoms with Gasteiger partial charge < -0.3 is 10.1 Å². The summed E-state index contributed by atoms with van der Waals surface area (Å²) in [6.07, 6.45) is 1.75. The number of esters is 1. The van der Waals surface area contributed by atoms with Crippen molar-refractivity contribution in [3.05, 3.63) is 33.8 Å². The second-order valence-corrected chi connectivity index (χ2v) is 4.44. The van der Waals surface area contributed by atoms with Gasteiger partial charge in [-0.15, -0.1) is 0 Å². The number of halogens is 1. The Hall–Kier alpha value is -1.06. The predicted molar refractivity (Wildman–Crippen MR) is 67.7 cm³/mol. The molecule has 1 aliphatic rings. The van der Waals surface area contributed by atoms with E-state index < -0.39 is 0 Å². The molecule has 0 aromatic heterocycles. The number of carbonyl (C=O) groups is 1. The van der Waals surface area contributed by atoms with Crippen molar-refractivity contribution in [3.63, 3.8) is 0 Å². The number of benzene rings is 1. The first-order valence-corrected chi connectivity index (χ1v) is 6.30. The van der Waals surface area contributed by atoms with Crippen LogP contribution in [0.3, 0.4) is 0 Å². The molecule has 0 saturated heterocycles. The lowest BCUT2D eigenvalue weighted by Crippen LogP contribution is -2.16. The molecular weight excluding hydrogens is 238 g/mol. The minimum absolute atomic E-state index is 0.309. The Bertz CT molecular complexity index is 432. The van der Waals surface area contributed by atoms with Gasteiger partial charge in [0.1, 0.15) is 0 Å². The van der Waals surface area contributed by atoms with Crippen molar-refractivity contribution in [1.82, 2.24) is 5.32 Å². The first-order valence-electron chi connectivity index (χ1n) is 5.92. The lowest BCUT2D eigenvalue weighted by atomic mass is 9.97. The van der Waals surface area contributed by atoms with E-state index in [2.05, 4.69) is 5.32 Å². The molecule has 3 nitrogen and oxygen atoms in total. The predicted octanol–water partition coefficient (Wildman–Crippen LogP) is 2.20. The molecule has 0 saturated carbocycles. The molecule has 1 aromatic carbocycles. The van der Waals surface area contributed by atoms with Crippen LogP contribution in [0, 0.1) is 0 Å². The summed E-state index contributed by atoms with van der Waals surface area (Å²) in [5.41, 5.74) is 2.79. The lowest BCUT2D eigenvalue weighted by molar-refractivity contribution is 0.0525. The standard InChI is InChI=1S/C13H16ClNO2/c1-2-17-13(16)12-10-6-8-15-7-5-9(10)3-4-11(12)14/h3-4,15H,2,5-8H2,1H3. The number of hydrogen-bond acceptors (Lipinski definition) is 3. The Morgan fingerprint density at radius 1 is 1.41 bits per heavy atom. The maximum absolute atomic E-state index is 11.9. The average Bonchev–Trinajstić information content (AvgIpc) is 2.54. The maximum Gasteiger partial charge on any atom is 0.339 e. The summed E-state index contributed by atoms with van der Waals surface area (Å²) in [5, 5.41) is 3.81. The molecule has 1 aromatic rings. The molecular formula is C13H16ClNO2. The molecule has 1 heterocycles. The summed E-state index contributed by atoms with van der Waals surface area (Å²) in [6, 6.07) is 3.80. The Morgan fingerprint density at radius 2 is 2.18 bits per heavy atom. The Balaban J connectivity index is 2.45. The second kappa shape index (κ2) is 5.52. The molecule has 0 aliphatic carbocycles. The smallest absolute Gasteiger partial charge is 0.339 e. The van der Waals surface area contributed by atoms with Crippen LogP contribution in [0.1, 0.15) is 28.4 Å². The maximum atomic E-state index is 11.9. The Morgan fingerprint density at radius 3 is 2.94 bits per heavy atom. The van der Waals surface area contributed by atoms with E-state index in [-0.39, 0.29) is 5.97 Å². The first-order chi connectivity index (χ1) is 8.24. The minimum Gasteiger partial charge on any atom is -0.462 e. The van der Waals surface area contributed by atoms with Gasteiger partial charge in [0.15, 0.2) is 0 Å². The highest BCUT2D eigenvalue weighted by molar-refractivity contribution is 6.33. The van der Waals surface area contributed by atoms with E-state index in [1.807, 2.05) is 6.07 Å². The highest BCUT2D eigenvalue weighted by Crippen LogP contribution is 2.26. The molecule has 2 rings (SSSR count). The van der Waals surface area contributed by atoms with Gasteiger partial charge in [0.05, 0.1) is 17.2 Å². The van der Waals surface area contributed by atoms with Crippen molar-refractivity contribution < 1.29 is 9.53 Å². The largest absolute Gasteiger partial charge is 0.462 e. The fraction of sp³-hybridized carbons (Fsp3) is 0.462. The van der Waals surface area contributed by atoms with E-state index in [0.717, 1.165) is 31.5 Å². The van der Waals surface area contributed by atoms with E-state index in [9.17, 15) is 4.79 Å². The average molecular weight is 254 g/mol. The zero-order chi connectivity index (χ0) is 12.3. The number of nitrogens with one attached hydrogen (secondary N) is 1. The highest BCUT2D eigenvalue weighted by atomic mass is 35.5. The summed E-state index contributed by atoms with van der Waals surface area (Å²) in [6.45, 7) is 3.99. The number of fused-ring (bicyclic) bond motifs is 1. The summed E-state index contributed by atoms with van der Waals surface area (Å²) in [4.78, 5) is 11.9. The molecule has 4 heteroatoms. The molecule has 0 atom stereocenters. The van der Waals surface area contributed by atoms with E-state index in [4.69, 9.17) is 16.3 Å². The normalized spacial score (nSPS) is 14.9. The van der Waals surface area contributed by atoms with Gasteiger partial charge in [-0.1, -0.05) is 17.7 Å². The van der Waals surface area contributed by atoms with Crippen LogP contribution in [0.4, 0.5) is 0 Å². The quantitative estimate of drug-likeness (QED) is 0.822. The van der Waals surface area contributed by atoms with Crippen LogP contribution in [0.25, 0.3) is 0 Å². The molecule has 0 unspecified atom stereocenters. The van der Waals surface area contributed by atoms with Crippen LogP contribution < -0.4 is 5.32 Å². The Labute approximate surface area is 106 Å². The lowest BCUT2D eigenvalue weighted by Gasteiger charge is -2.12. The van der Waals surface area contributed by atoms with Crippen molar-refractivity contribution >= 4 is 17.6 Å². The Kier molecular flexibility index (Phi) is 4.02. The van der Waals surface area contributed by atoms with Crippen LogP contribution >= 0.6 is 11.6 Å². The van der Waals surface area contributed by atoms with Crippen LogP contribution in [0.15, 0.2) is 12.1 Å². The molecule has 17 heavy (non-hydrogen) atoms. The van der Waals surface area contributed by atoms with Crippen LogP contribution in [-0.4, -0.2) is 25.7 Å². The first kappa shape index (κ1) is 12.4. The summed E-state index contributed by atoms with van der Waals surface area (Å²) in [5.74, 6) is -0.309. The second-order valence-electron chi connectivity index (χ2n) is 4.03. The molecule has 0 amide bonds. The van der Waals surface area contributed by atoms with Crippen molar-refractivity contribution in [2.24, 2.45) is 0 Å². The van der Waals surface area contributed by atoms with E-state index in [1.165, 1.54) is 5.56 Å². The van der Waals surface area contributed by atoms with E-state index in [0.29, 0.717) is 17.2 Å². The monoisotopic (exact) mass is 253 g/mol. The molecule has 1 N–H and O–H groups in total. The van der Waals surface area contributed by atoms with Crippen LogP contribution in [0.5, 0.6) is 0 Å². The highest BCUT2D eigenvalue weighted by Gasteiger charge is 2.20. The molecule has 0 spiro atoms. The molecule has 1 aliphatic heterocycles. The number of carbonyl (C=O) groups excluding carboxylic acids is 1. The van der Waals surface area contributed by atoms with E-state index in [1.54, 1.807) is 13.0 Å². The van der Waals surface area contributed by atoms with Crippen LogP contribution in [0.2, 0.25) is 5.02 Å². The zero-order valence-corrected chi connectivity index (χ0v) is 10.6. The van der Waals surface area contributed by atoms with Gasteiger partial charge >= 0.3 is 5.97 Å². The van der Waals surface area contributed by atoms with Crippen molar-refractivity contribution in [2.75, 3.05) is 19.7 Å². The number of ether oxygens (including phenoxy) is 1. The van der Waals surface area contributed by atoms with Gasteiger partial charge in [0.25, 0.3) is 0 Å². The fourth-order valence-electron chi connectivity index (χ4n) is 2.17. The zero-order valence-electron chi connectivity index (χ0n) is 9.88. The fourth-order valence-corrected chi connectivity index (χ4v) is 2.42. The van der Waals surface area contributed by atoms with Gasteiger partial charge in [-0.3, -0.25) is 0 Å². The summed E-state index contributed by atoms with van der Waals surface area (Å²) in [7, 11) is 0. The molecule has 92 valence electrons. The molecule has 0 fully saturated rings. The van der Waals surface area contributed by atoms with Gasteiger partial charge in [-0.2, -0.15) is 0 Å². The van der Waals surface area contributed by atoms with Gasteiger partial charge in [-0.05, 0) is 50.0 Å². The summed E-state index contributed by atoms with van der Waals surface area (Å²) >= 11 is 6.12. The molecule has 0 bridgehead atoms. The third-order valence-electron chi connectivity index (χ3n) is 2.96. The number of rotatable bonds is 2. The van der Waals surface area contributed by atoms with Crippen molar-refractivity contribution in [2.45, 2.75) is 19.8 Å². The SMILES string of the molecule is CCOC(=O)c1c(Cl)ccc2c1CCNCC2. The minimum atomic E-state index is -0.309. The van der Waals surface area contributed by atoms with Gasteiger partial charge in [0, 0.05) is 0 Å². The van der Waals surface area contributed by atoms with Gasteiger partial charge in [-0.25, -0.2) is 4.79 Å². The van der Waals surface area contributed by atoms with Crippen molar-refractivity contribution in [1.29, 1.82) is 0 Å². The topological polar surface area (TPSA) is 38.3 Å². The third kappa shape index (κ3) is 2.61.